The highest BCUT2D eigenvalue weighted by molar-refractivity contribution is 5.83. The maximum absolute atomic E-state index is 5.46. The Bertz CT molecular complexity index is 1060. The average molecular weight is 365 g/mol. The van der Waals surface area contributed by atoms with Gasteiger partial charge in [0.15, 0.2) is 17.3 Å². The van der Waals surface area contributed by atoms with Crippen molar-refractivity contribution in [3.05, 3.63) is 54.0 Å². The monoisotopic (exact) mass is 365 g/mol. The number of fused-ring (bicyclic) bond motifs is 1. The van der Waals surface area contributed by atoms with Crippen LogP contribution in [0, 0.1) is 0 Å². The third-order valence-corrected chi connectivity index (χ3v) is 4.40. The van der Waals surface area contributed by atoms with Gasteiger partial charge in [0.25, 0.3) is 5.89 Å². The summed E-state index contributed by atoms with van der Waals surface area (Å²) in [5.74, 6) is 2.57. The molecule has 0 saturated carbocycles. The first-order valence-corrected chi connectivity index (χ1v) is 8.41. The fraction of sp³-hybridized carbons (Fsp3) is 0.200. The molecule has 0 aliphatic heterocycles. The Balaban J connectivity index is 1.66. The van der Waals surface area contributed by atoms with Gasteiger partial charge in [-0.15, -0.1) is 0 Å². The Kier molecular flexibility index (Phi) is 4.42. The SMILES string of the molecule is COc1cc(-c2nc(Cc3c[nH]c4ccccc34)no2)cc(OC)c1OC. The van der Waals surface area contributed by atoms with Crippen LogP contribution in [0.25, 0.3) is 22.4 Å². The molecular formula is C20H19N3O4. The Morgan fingerprint density at radius 2 is 1.74 bits per heavy atom. The quantitative estimate of drug-likeness (QED) is 0.559. The number of aromatic nitrogens is 3. The van der Waals surface area contributed by atoms with Gasteiger partial charge in [-0.2, -0.15) is 4.98 Å². The topological polar surface area (TPSA) is 82.4 Å². The summed E-state index contributed by atoms with van der Waals surface area (Å²) in [6, 6.07) is 11.7. The fourth-order valence-electron chi connectivity index (χ4n) is 3.10. The van der Waals surface area contributed by atoms with Gasteiger partial charge in [0, 0.05) is 29.1 Å². The van der Waals surface area contributed by atoms with Crippen molar-refractivity contribution in [2.75, 3.05) is 21.3 Å². The van der Waals surface area contributed by atoms with Gasteiger partial charge in [0.1, 0.15) is 0 Å². The third kappa shape index (κ3) is 3.08. The van der Waals surface area contributed by atoms with Gasteiger partial charge >= 0.3 is 0 Å². The van der Waals surface area contributed by atoms with Crippen molar-refractivity contribution in [3.63, 3.8) is 0 Å². The molecule has 2 aromatic heterocycles. The predicted molar refractivity (Wildman–Crippen MR) is 100 cm³/mol. The second kappa shape index (κ2) is 7.03. The van der Waals surface area contributed by atoms with Crippen LogP contribution < -0.4 is 14.2 Å². The number of H-pyrrole nitrogens is 1. The fourth-order valence-corrected chi connectivity index (χ4v) is 3.10. The van der Waals surface area contributed by atoms with E-state index < -0.39 is 0 Å². The maximum atomic E-state index is 5.46. The molecule has 0 aliphatic rings. The first-order valence-electron chi connectivity index (χ1n) is 8.41. The smallest absolute Gasteiger partial charge is 0.258 e. The van der Waals surface area contributed by atoms with Gasteiger partial charge in [-0.05, 0) is 23.8 Å². The first kappa shape index (κ1) is 17.0. The van der Waals surface area contributed by atoms with E-state index in [1.165, 1.54) is 0 Å². The zero-order valence-corrected chi connectivity index (χ0v) is 15.3. The van der Waals surface area contributed by atoms with Gasteiger partial charge in [0.05, 0.1) is 21.3 Å². The highest BCUT2D eigenvalue weighted by Gasteiger charge is 2.18. The number of nitrogens with one attached hydrogen (secondary N) is 1. The Morgan fingerprint density at radius 3 is 2.44 bits per heavy atom. The Labute approximate surface area is 155 Å². The van der Waals surface area contributed by atoms with Crippen molar-refractivity contribution < 1.29 is 18.7 Å². The summed E-state index contributed by atoms with van der Waals surface area (Å²) in [6.07, 6.45) is 2.54. The van der Waals surface area contributed by atoms with Crippen LogP contribution in [-0.4, -0.2) is 36.5 Å². The third-order valence-electron chi connectivity index (χ3n) is 4.40. The molecule has 2 aromatic carbocycles. The molecule has 0 amide bonds. The molecule has 0 unspecified atom stereocenters. The molecule has 0 radical (unpaired) electrons. The van der Waals surface area contributed by atoms with Crippen LogP contribution in [0.5, 0.6) is 17.2 Å². The maximum Gasteiger partial charge on any atom is 0.258 e. The van der Waals surface area contributed by atoms with E-state index in [2.05, 4.69) is 21.2 Å². The number of para-hydroxylation sites is 1. The Hall–Kier alpha value is -3.48. The molecule has 4 rings (SSSR count). The zero-order chi connectivity index (χ0) is 18.8. The summed E-state index contributed by atoms with van der Waals surface area (Å²) in [4.78, 5) is 7.78. The highest BCUT2D eigenvalue weighted by atomic mass is 16.5. The minimum atomic E-state index is 0.393. The van der Waals surface area contributed by atoms with E-state index in [-0.39, 0.29) is 0 Å². The molecule has 0 fully saturated rings. The molecule has 7 nitrogen and oxygen atoms in total. The number of rotatable bonds is 6. The summed E-state index contributed by atoms with van der Waals surface area (Å²) in [5, 5.41) is 5.26. The van der Waals surface area contributed by atoms with Crippen molar-refractivity contribution in [2.45, 2.75) is 6.42 Å². The molecule has 4 aromatic rings. The summed E-state index contributed by atoms with van der Waals surface area (Å²) in [5.41, 5.74) is 2.89. The predicted octanol–water partition coefficient (Wildman–Crippen LogP) is 3.83. The van der Waals surface area contributed by atoms with Crippen LogP contribution in [0.1, 0.15) is 11.4 Å². The van der Waals surface area contributed by atoms with E-state index in [9.17, 15) is 0 Å². The van der Waals surface area contributed by atoms with Crippen LogP contribution in [0.2, 0.25) is 0 Å². The van der Waals surface area contributed by atoms with Gasteiger partial charge < -0.3 is 23.7 Å². The van der Waals surface area contributed by atoms with Crippen LogP contribution in [0.3, 0.4) is 0 Å². The van der Waals surface area contributed by atoms with Crippen LogP contribution >= 0.6 is 0 Å². The lowest BCUT2D eigenvalue weighted by Gasteiger charge is -2.12. The molecule has 0 aliphatic carbocycles. The second-order valence-electron chi connectivity index (χ2n) is 5.97. The Morgan fingerprint density at radius 1 is 1.00 bits per heavy atom. The van der Waals surface area contributed by atoms with Crippen molar-refractivity contribution in [1.29, 1.82) is 0 Å². The van der Waals surface area contributed by atoms with Gasteiger partial charge in [-0.25, -0.2) is 0 Å². The van der Waals surface area contributed by atoms with Crippen LogP contribution in [0.15, 0.2) is 47.1 Å². The number of ether oxygens (including phenoxy) is 3. The van der Waals surface area contributed by atoms with Gasteiger partial charge in [-0.1, -0.05) is 23.4 Å². The number of nitrogens with zero attached hydrogens (tertiary/aromatic N) is 2. The number of methoxy groups -OCH3 is 3. The second-order valence-corrected chi connectivity index (χ2v) is 5.97. The van der Waals surface area contributed by atoms with E-state index in [1.807, 2.05) is 24.4 Å². The molecule has 0 bridgehead atoms. The molecule has 2 heterocycles. The molecule has 1 N–H and O–H groups in total. The van der Waals surface area contributed by atoms with Crippen molar-refractivity contribution >= 4 is 10.9 Å². The minimum absolute atomic E-state index is 0.393. The van der Waals surface area contributed by atoms with Crippen molar-refractivity contribution in [2.24, 2.45) is 0 Å². The summed E-state index contributed by atoms with van der Waals surface area (Å²) < 4.78 is 21.6. The lowest BCUT2D eigenvalue weighted by Crippen LogP contribution is -1.96. The molecule has 27 heavy (non-hydrogen) atoms. The molecule has 138 valence electrons. The number of benzene rings is 2. The molecule has 0 atom stereocenters. The van der Waals surface area contributed by atoms with Crippen molar-refractivity contribution in [1.82, 2.24) is 15.1 Å². The molecule has 0 spiro atoms. The minimum Gasteiger partial charge on any atom is -0.493 e. The van der Waals surface area contributed by atoms with E-state index in [1.54, 1.807) is 33.5 Å². The highest BCUT2D eigenvalue weighted by Crippen LogP contribution is 2.40. The lowest BCUT2D eigenvalue weighted by atomic mass is 10.1. The molecule has 0 saturated heterocycles. The first-order chi connectivity index (χ1) is 13.2. The van der Waals surface area contributed by atoms with Gasteiger partial charge in [0.2, 0.25) is 5.75 Å². The van der Waals surface area contributed by atoms with E-state index in [4.69, 9.17) is 18.7 Å². The standard InChI is InChI=1S/C20H19N3O4/c1-24-16-8-12(9-17(25-2)19(16)26-3)20-22-18(23-27-20)10-13-11-21-15-7-5-4-6-14(13)15/h4-9,11,21H,10H2,1-3H3. The molecule has 7 heteroatoms. The summed E-state index contributed by atoms with van der Waals surface area (Å²) in [7, 11) is 4.70. The van der Waals surface area contributed by atoms with Crippen molar-refractivity contribution in [3.8, 4) is 28.7 Å². The number of aromatic amines is 1. The summed E-state index contributed by atoms with van der Waals surface area (Å²) >= 11 is 0. The average Bonchev–Trinajstić information content (AvgIpc) is 3.34. The molecular weight excluding hydrogens is 346 g/mol. The van der Waals surface area contributed by atoms with Crippen LogP contribution in [-0.2, 0) is 6.42 Å². The normalized spacial score (nSPS) is 10.9. The number of hydrogen-bond donors (Lipinski definition) is 1. The van der Waals surface area contributed by atoms with E-state index >= 15 is 0 Å². The lowest BCUT2D eigenvalue weighted by molar-refractivity contribution is 0.324. The largest absolute Gasteiger partial charge is 0.493 e. The van der Waals surface area contributed by atoms with Crippen LogP contribution in [0.4, 0.5) is 0 Å². The van der Waals surface area contributed by atoms with Gasteiger partial charge in [-0.3, -0.25) is 0 Å². The van der Waals surface area contributed by atoms with E-state index in [0.29, 0.717) is 40.9 Å². The zero-order valence-electron chi connectivity index (χ0n) is 15.3. The summed E-state index contributed by atoms with van der Waals surface area (Å²) in [6.45, 7) is 0. The number of hydrogen-bond acceptors (Lipinski definition) is 6. The van der Waals surface area contributed by atoms with E-state index in [0.717, 1.165) is 16.5 Å².